The Bertz CT molecular complexity index is 472. The SMILES string of the molecule is CC(O)CC(C)CNC(=O)NC(C)CC(C)(C)c1ccccc1. The van der Waals surface area contributed by atoms with Crippen LogP contribution in [0, 0.1) is 5.92 Å². The number of carbonyl (C=O) groups is 1. The van der Waals surface area contributed by atoms with Crippen molar-refractivity contribution in [3.8, 4) is 0 Å². The van der Waals surface area contributed by atoms with Crippen molar-refractivity contribution < 1.29 is 9.90 Å². The van der Waals surface area contributed by atoms with Gasteiger partial charge in [-0.15, -0.1) is 0 Å². The second kappa shape index (κ2) is 8.92. The monoisotopic (exact) mass is 320 g/mol. The van der Waals surface area contributed by atoms with Gasteiger partial charge < -0.3 is 15.7 Å². The number of rotatable bonds is 8. The molecule has 130 valence electrons. The molecular weight excluding hydrogens is 288 g/mol. The van der Waals surface area contributed by atoms with Crippen molar-refractivity contribution in [3.05, 3.63) is 35.9 Å². The quantitative estimate of drug-likeness (QED) is 0.687. The van der Waals surface area contributed by atoms with E-state index in [9.17, 15) is 9.90 Å². The molecule has 3 unspecified atom stereocenters. The predicted molar refractivity (Wildman–Crippen MR) is 95.5 cm³/mol. The van der Waals surface area contributed by atoms with Crippen LogP contribution >= 0.6 is 0 Å². The maximum atomic E-state index is 12.0. The molecule has 1 rings (SSSR count). The van der Waals surface area contributed by atoms with Gasteiger partial charge in [0.1, 0.15) is 0 Å². The van der Waals surface area contributed by atoms with Crippen LogP contribution in [0.5, 0.6) is 0 Å². The van der Waals surface area contributed by atoms with E-state index >= 15 is 0 Å². The van der Waals surface area contributed by atoms with Crippen LogP contribution in [0.4, 0.5) is 4.79 Å². The zero-order valence-electron chi connectivity index (χ0n) is 15.1. The first-order valence-corrected chi connectivity index (χ1v) is 8.48. The molecule has 1 aromatic carbocycles. The van der Waals surface area contributed by atoms with E-state index in [2.05, 4.69) is 36.6 Å². The van der Waals surface area contributed by atoms with Gasteiger partial charge in [-0.05, 0) is 43.6 Å². The van der Waals surface area contributed by atoms with Crippen molar-refractivity contribution in [1.82, 2.24) is 10.6 Å². The van der Waals surface area contributed by atoms with Gasteiger partial charge >= 0.3 is 6.03 Å². The van der Waals surface area contributed by atoms with Crippen LogP contribution in [0.25, 0.3) is 0 Å². The highest BCUT2D eigenvalue weighted by molar-refractivity contribution is 5.74. The molecule has 0 aromatic heterocycles. The van der Waals surface area contributed by atoms with E-state index in [1.54, 1.807) is 6.92 Å². The molecule has 0 heterocycles. The molecular formula is C19H32N2O2. The summed E-state index contributed by atoms with van der Waals surface area (Å²) in [5.41, 5.74) is 1.28. The van der Waals surface area contributed by atoms with E-state index in [0.717, 1.165) is 6.42 Å². The second-order valence-corrected chi connectivity index (χ2v) is 7.40. The molecule has 0 spiro atoms. The lowest BCUT2D eigenvalue weighted by Crippen LogP contribution is -2.44. The van der Waals surface area contributed by atoms with Crippen molar-refractivity contribution in [2.24, 2.45) is 5.92 Å². The Morgan fingerprint density at radius 1 is 1.17 bits per heavy atom. The third-order valence-corrected chi connectivity index (χ3v) is 4.10. The van der Waals surface area contributed by atoms with Crippen LogP contribution in [0.15, 0.2) is 30.3 Å². The molecule has 0 radical (unpaired) electrons. The molecule has 0 aliphatic rings. The number of benzene rings is 1. The van der Waals surface area contributed by atoms with Crippen molar-refractivity contribution in [3.63, 3.8) is 0 Å². The van der Waals surface area contributed by atoms with Crippen molar-refractivity contribution >= 4 is 6.03 Å². The maximum absolute atomic E-state index is 12.0. The summed E-state index contributed by atoms with van der Waals surface area (Å²) in [4.78, 5) is 12.0. The van der Waals surface area contributed by atoms with E-state index in [1.165, 1.54) is 5.56 Å². The zero-order valence-corrected chi connectivity index (χ0v) is 15.1. The Hall–Kier alpha value is -1.55. The Balaban J connectivity index is 2.41. The highest BCUT2D eigenvalue weighted by Crippen LogP contribution is 2.28. The summed E-state index contributed by atoms with van der Waals surface area (Å²) in [5.74, 6) is 0.261. The van der Waals surface area contributed by atoms with Crippen molar-refractivity contribution in [1.29, 1.82) is 0 Å². The van der Waals surface area contributed by atoms with Gasteiger partial charge in [0, 0.05) is 12.6 Å². The third kappa shape index (κ3) is 7.51. The fourth-order valence-electron chi connectivity index (χ4n) is 3.03. The fourth-order valence-corrected chi connectivity index (χ4v) is 3.03. The largest absolute Gasteiger partial charge is 0.393 e. The summed E-state index contributed by atoms with van der Waals surface area (Å²) in [6, 6.07) is 10.3. The Labute approximate surface area is 140 Å². The predicted octanol–water partition coefficient (Wildman–Crippen LogP) is 3.45. The van der Waals surface area contributed by atoms with E-state index in [1.807, 2.05) is 32.0 Å². The molecule has 0 aliphatic carbocycles. The van der Waals surface area contributed by atoms with Gasteiger partial charge in [0.2, 0.25) is 0 Å². The number of aliphatic hydroxyl groups is 1. The van der Waals surface area contributed by atoms with E-state index in [4.69, 9.17) is 0 Å². The van der Waals surface area contributed by atoms with Crippen molar-refractivity contribution in [2.75, 3.05) is 6.54 Å². The number of carbonyl (C=O) groups excluding carboxylic acids is 1. The van der Waals surface area contributed by atoms with Crippen LogP contribution in [0.3, 0.4) is 0 Å². The summed E-state index contributed by atoms with van der Waals surface area (Å²) in [5, 5.41) is 15.2. The molecule has 0 saturated heterocycles. The summed E-state index contributed by atoms with van der Waals surface area (Å²) in [6.07, 6.45) is 1.23. The van der Waals surface area contributed by atoms with Gasteiger partial charge in [0.05, 0.1) is 6.10 Å². The Morgan fingerprint density at radius 3 is 2.35 bits per heavy atom. The lowest BCUT2D eigenvalue weighted by atomic mass is 9.79. The van der Waals surface area contributed by atoms with Gasteiger partial charge in [-0.2, -0.15) is 0 Å². The number of hydrogen-bond donors (Lipinski definition) is 3. The minimum absolute atomic E-state index is 0.00751. The third-order valence-electron chi connectivity index (χ3n) is 4.10. The highest BCUT2D eigenvalue weighted by atomic mass is 16.3. The lowest BCUT2D eigenvalue weighted by molar-refractivity contribution is 0.163. The first-order valence-electron chi connectivity index (χ1n) is 8.48. The van der Waals surface area contributed by atoms with Gasteiger partial charge in [-0.1, -0.05) is 51.1 Å². The molecule has 0 saturated carbocycles. The van der Waals surface area contributed by atoms with Crippen LogP contribution in [-0.4, -0.2) is 29.8 Å². The molecule has 1 aromatic rings. The zero-order chi connectivity index (χ0) is 17.5. The number of hydrogen-bond acceptors (Lipinski definition) is 2. The standard InChI is InChI=1S/C19H32N2O2/c1-14(11-16(3)22)13-20-18(23)21-15(2)12-19(4,5)17-9-7-6-8-10-17/h6-10,14-16,22H,11-13H2,1-5H3,(H2,20,21,23). The average Bonchev–Trinajstić information content (AvgIpc) is 2.44. The number of urea groups is 1. The first kappa shape index (κ1) is 19.5. The fraction of sp³-hybridized carbons (Fsp3) is 0.632. The Morgan fingerprint density at radius 2 is 1.78 bits per heavy atom. The van der Waals surface area contributed by atoms with Crippen LogP contribution in [0.1, 0.15) is 53.0 Å². The van der Waals surface area contributed by atoms with Crippen LogP contribution < -0.4 is 10.6 Å². The molecule has 3 N–H and O–H groups in total. The van der Waals surface area contributed by atoms with Gasteiger partial charge in [0.15, 0.2) is 0 Å². The molecule has 0 fully saturated rings. The minimum atomic E-state index is -0.333. The molecule has 0 aliphatic heterocycles. The number of nitrogens with one attached hydrogen (secondary N) is 2. The molecule has 0 bridgehead atoms. The first-order chi connectivity index (χ1) is 10.7. The smallest absolute Gasteiger partial charge is 0.315 e. The molecule has 23 heavy (non-hydrogen) atoms. The summed E-state index contributed by atoms with van der Waals surface area (Å²) < 4.78 is 0. The summed E-state index contributed by atoms with van der Waals surface area (Å²) in [6.45, 7) is 10.8. The number of amides is 2. The Kier molecular flexibility index (Phi) is 7.56. The molecule has 2 amide bonds. The topological polar surface area (TPSA) is 61.4 Å². The summed E-state index contributed by atoms with van der Waals surface area (Å²) >= 11 is 0. The van der Waals surface area contributed by atoms with E-state index < -0.39 is 0 Å². The van der Waals surface area contributed by atoms with Crippen LogP contribution in [0.2, 0.25) is 0 Å². The van der Waals surface area contributed by atoms with Crippen molar-refractivity contribution in [2.45, 2.75) is 65.0 Å². The molecule has 4 heteroatoms. The number of aliphatic hydroxyl groups excluding tert-OH is 1. The van der Waals surface area contributed by atoms with Gasteiger partial charge in [0.25, 0.3) is 0 Å². The highest BCUT2D eigenvalue weighted by Gasteiger charge is 2.24. The van der Waals surface area contributed by atoms with Crippen LogP contribution in [-0.2, 0) is 5.41 Å². The molecule has 3 atom stereocenters. The second-order valence-electron chi connectivity index (χ2n) is 7.40. The van der Waals surface area contributed by atoms with E-state index in [-0.39, 0.29) is 29.5 Å². The maximum Gasteiger partial charge on any atom is 0.315 e. The summed E-state index contributed by atoms with van der Waals surface area (Å²) in [7, 11) is 0. The molecule has 4 nitrogen and oxygen atoms in total. The van der Waals surface area contributed by atoms with E-state index in [0.29, 0.717) is 13.0 Å². The average molecular weight is 320 g/mol. The van der Waals surface area contributed by atoms with Gasteiger partial charge in [-0.3, -0.25) is 0 Å². The normalized spacial score (nSPS) is 15.6. The van der Waals surface area contributed by atoms with Gasteiger partial charge in [-0.25, -0.2) is 4.79 Å². The lowest BCUT2D eigenvalue weighted by Gasteiger charge is -2.29. The minimum Gasteiger partial charge on any atom is -0.393 e.